The van der Waals surface area contributed by atoms with E-state index < -0.39 is 0 Å². The van der Waals surface area contributed by atoms with Gasteiger partial charge in [-0.25, -0.2) is 9.97 Å². The third kappa shape index (κ3) is 5.61. The molecular formula is C56H36N4. The third-order valence-corrected chi connectivity index (χ3v) is 11.9. The van der Waals surface area contributed by atoms with Gasteiger partial charge in [0.05, 0.1) is 22.1 Å². The highest BCUT2D eigenvalue weighted by Crippen LogP contribution is 2.37. The molecule has 4 heteroatoms. The Balaban J connectivity index is 0.848. The maximum Gasteiger partial charge on any atom is 0.145 e. The van der Waals surface area contributed by atoms with Crippen LogP contribution in [0.25, 0.3) is 111 Å². The molecule has 4 nitrogen and oxygen atoms in total. The Hall–Kier alpha value is -8.08. The van der Waals surface area contributed by atoms with Crippen molar-refractivity contribution in [3.8, 4) is 56.4 Å². The van der Waals surface area contributed by atoms with Gasteiger partial charge in [0, 0.05) is 22.5 Å². The molecule has 0 fully saturated rings. The Bertz CT molecular complexity index is 3320. The van der Waals surface area contributed by atoms with Gasteiger partial charge in [-0.1, -0.05) is 158 Å². The van der Waals surface area contributed by atoms with Crippen LogP contribution in [0, 0.1) is 0 Å². The second-order valence-electron chi connectivity index (χ2n) is 15.4. The molecule has 0 aliphatic rings. The summed E-state index contributed by atoms with van der Waals surface area (Å²) in [6.45, 7) is 0. The van der Waals surface area contributed by atoms with Crippen LogP contribution in [0.2, 0.25) is 0 Å². The number of benzene rings is 10. The van der Waals surface area contributed by atoms with Crippen molar-refractivity contribution >= 4 is 54.4 Å². The molecule has 0 radical (unpaired) electrons. The van der Waals surface area contributed by atoms with Crippen LogP contribution >= 0.6 is 0 Å². The van der Waals surface area contributed by atoms with Crippen LogP contribution in [0.3, 0.4) is 0 Å². The minimum atomic E-state index is 0.938. The van der Waals surface area contributed by atoms with Gasteiger partial charge in [0.25, 0.3) is 0 Å². The summed E-state index contributed by atoms with van der Waals surface area (Å²) in [6, 6.07) is 78.1. The van der Waals surface area contributed by atoms with Gasteiger partial charge in [0.1, 0.15) is 11.6 Å². The molecule has 12 aromatic rings. The molecule has 12 rings (SSSR count). The third-order valence-electron chi connectivity index (χ3n) is 11.9. The summed E-state index contributed by atoms with van der Waals surface area (Å²) < 4.78 is 4.50. The average molecular weight is 765 g/mol. The summed E-state index contributed by atoms with van der Waals surface area (Å²) in [4.78, 5) is 10.1. The van der Waals surface area contributed by atoms with Crippen molar-refractivity contribution in [2.75, 3.05) is 0 Å². The first-order valence-electron chi connectivity index (χ1n) is 20.4. The van der Waals surface area contributed by atoms with E-state index in [-0.39, 0.29) is 0 Å². The molecule has 60 heavy (non-hydrogen) atoms. The molecule has 0 spiro atoms. The van der Waals surface area contributed by atoms with E-state index in [0.717, 1.165) is 56.2 Å². The van der Waals surface area contributed by atoms with Gasteiger partial charge in [-0.05, 0) is 115 Å². The van der Waals surface area contributed by atoms with Crippen molar-refractivity contribution in [1.82, 2.24) is 19.1 Å². The Kier molecular flexibility index (Phi) is 7.82. The first-order chi connectivity index (χ1) is 29.7. The number of aromatic nitrogens is 4. The van der Waals surface area contributed by atoms with Crippen molar-refractivity contribution in [1.29, 1.82) is 0 Å². The zero-order valence-electron chi connectivity index (χ0n) is 32.6. The summed E-state index contributed by atoms with van der Waals surface area (Å²) in [5.74, 6) is 1.88. The molecule has 0 atom stereocenters. The summed E-state index contributed by atoms with van der Waals surface area (Å²) >= 11 is 0. The molecule has 2 heterocycles. The molecule has 2 aromatic heterocycles. The van der Waals surface area contributed by atoms with Gasteiger partial charge < -0.3 is 0 Å². The van der Waals surface area contributed by atoms with Crippen LogP contribution in [0.1, 0.15) is 0 Å². The first-order valence-corrected chi connectivity index (χ1v) is 20.4. The Morgan fingerprint density at radius 1 is 0.267 bits per heavy atom. The van der Waals surface area contributed by atoms with Crippen LogP contribution in [0.5, 0.6) is 0 Å². The van der Waals surface area contributed by atoms with E-state index in [2.05, 4.69) is 203 Å². The Morgan fingerprint density at radius 3 is 1.05 bits per heavy atom. The highest BCUT2D eigenvalue weighted by atomic mass is 15.1. The second-order valence-corrected chi connectivity index (χ2v) is 15.4. The minimum Gasteiger partial charge on any atom is -0.292 e. The summed E-state index contributed by atoms with van der Waals surface area (Å²) in [5, 5.41) is 7.50. The van der Waals surface area contributed by atoms with Crippen LogP contribution in [0.15, 0.2) is 218 Å². The lowest BCUT2D eigenvalue weighted by Crippen LogP contribution is -1.97. The number of rotatable bonds is 6. The maximum absolute atomic E-state index is 5.06. The van der Waals surface area contributed by atoms with Crippen molar-refractivity contribution in [3.05, 3.63) is 218 Å². The van der Waals surface area contributed by atoms with Crippen molar-refractivity contribution in [3.63, 3.8) is 0 Å². The second kappa shape index (κ2) is 13.8. The lowest BCUT2D eigenvalue weighted by Gasteiger charge is -2.12. The van der Waals surface area contributed by atoms with E-state index in [4.69, 9.17) is 9.97 Å². The van der Waals surface area contributed by atoms with Crippen molar-refractivity contribution in [2.24, 2.45) is 0 Å². The van der Waals surface area contributed by atoms with Crippen molar-refractivity contribution in [2.45, 2.75) is 0 Å². The Morgan fingerprint density at radius 2 is 0.617 bits per heavy atom. The van der Waals surface area contributed by atoms with E-state index >= 15 is 0 Å². The molecule has 0 aliphatic carbocycles. The van der Waals surface area contributed by atoms with Gasteiger partial charge in [0.15, 0.2) is 0 Å². The molecule has 0 aliphatic heterocycles. The standard InChI is InChI=1S/C56H36N4/c1-3-11-45(12-4-1)59-53-17-9-7-15-51(53)57-55(59)39-23-19-37(20-24-39)41-27-31-47-43(35-41)29-33-50-48-32-28-42(36-44(48)30-34-49(47)50)38-21-25-40(26-22-38)56-58-52-16-8-10-18-54(52)60(56)46-13-5-2-6-14-46/h1-36H. The molecule has 0 bridgehead atoms. The lowest BCUT2D eigenvalue weighted by molar-refractivity contribution is 1.10. The topological polar surface area (TPSA) is 35.6 Å². The highest BCUT2D eigenvalue weighted by Gasteiger charge is 2.16. The number of imidazole rings is 2. The van der Waals surface area contributed by atoms with Crippen LogP contribution < -0.4 is 0 Å². The molecular weight excluding hydrogens is 729 g/mol. The quantitative estimate of drug-likeness (QED) is 0.158. The van der Waals surface area contributed by atoms with Crippen LogP contribution in [-0.2, 0) is 0 Å². The molecule has 0 N–H and O–H groups in total. The predicted molar refractivity (Wildman–Crippen MR) is 250 cm³/mol. The van der Waals surface area contributed by atoms with Gasteiger partial charge in [-0.2, -0.15) is 0 Å². The van der Waals surface area contributed by atoms with E-state index in [1.54, 1.807) is 0 Å². The van der Waals surface area contributed by atoms with E-state index in [0.29, 0.717) is 0 Å². The average Bonchev–Trinajstić information content (AvgIpc) is 3.91. The van der Waals surface area contributed by atoms with E-state index in [1.807, 2.05) is 24.3 Å². The summed E-state index contributed by atoms with van der Waals surface area (Å²) in [6.07, 6.45) is 0. The molecule has 0 unspecified atom stereocenters. The number of fused-ring (bicyclic) bond motifs is 7. The van der Waals surface area contributed by atoms with Crippen molar-refractivity contribution < 1.29 is 0 Å². The number of nitrogens with zero attached hydrogens (tertiary/aromatic N) is 4. The van der Waals surface area contributed by atoms with Gasteiger partial charge in [-0.3, -0.25) is 9.13 Å². The largest absolute Gasteiger partial charge is 0.292 e. The fraction of sp³-hybridized carbons (Fsp3) is 0. The Labute approximate surface area is 346 Å². The summed E-state index contributed by atoms with van der Waals surface area (Å²) in [5.41, 5.74) is 13.3. The minimum absolute atomic E-state index is 0.938. The molecule has 0 saturated carbocycles. The zero-order chi connectivity index (χ0) is 39.6. The number of hydrogen-bond acceptors (Lipinski definition) is 2. The molecule has 0 saturated heterocycles. The van der Waals surface area contributed by atoms with E-state index in [1.165, 1.54) is 54.6 Å². The molecule has 0 amide bonds. The SMILES string of the molecule is c1ccc(-n2c(-c3ccc(-c4ccc5c(ccc6c7ccc(-c8ccc(-c9nc%10ccccc%10n9-c9ccccc9)cc8)cc7ccc56)c4)cc3)nc3ccccc32)cc1. The molecule has 10 aromatic carbocycles. The predicted octanol–water partition coefficient (Wildman–Crippen LogP) is 14.5. The first kappa shape index (κ1) is 34.0. The number of hydrogen-bond donors (Lipinski definition) is 0. The molecule has 280 valence electrons. The maximum atomic E-state index is 5.06. The number of para-hydroxylation sites is 6. The zero-order valence-corrected chi connectivity index (χ0v) is 32.6. The van der Waals surface area contributed by atoms with E-state index in [9.17, 15) is 0 Å². The highest BCUT2D eigenvalue weighted by molar-refractivity contribution is 6.18. The summed E-state index contributed by atoms with van der Waals surface area (Å²) in [7, 11) is 0. The van der Waals surface area contributed by atoms with Gasteiger partial charge >= 0.3 is 0 Å². The normalized spacial score (nSPS) is 11.7. The van der Waals surface area contributed by atoms with Crippen LogP contribution in [-0.4, -0.2) is 19.1 Å². The van der Waals surface area contributed by atoms with Gasteiger partial charge in [-0.15, -0.1) is 0 Å². The van der Waals surface area contributed by atoms with Gasteiger partial charge in [0.2, 0.25) is 0 Å². The fourth-order valence-corrected chi connectivity index (χ4v) is 8.99. The fourth-order valence-electron chi connectivity index (χ4n) is 8.99. The van der Waals surface area contributed by atoms with Crippen LogP contribution in [0.4, 0.5) is 0 Å². The monoisotopic (exact) mass is 764 g/mol. The lowest BCUT2D eigenvalue weighted by atomic mass is 9.93. The smallest absolute Gasteiger partial charge is 0.145 e.